The van der Waals surface area contributed by atoms with Crippen molar-refractivity contribution in [3.8, 4) is 0 Å². The Hall–Kier alpha value is -1.31. The average Bonchev–Trinajstić information content (AvgIpc) is 2.65. The Labute approximate surface area is 118 Å². The van der Waals surface area contributed by atoms with E-state index < -0.39 is 0 Å². The fourth-order valence-corrected chi connectivity index (χ4v) is 2.43. The lowest BCUT2D eigenvalue weighted by Gasteiger charge is -2.23. The van der Waals surface area contributed by atoms with Crippen LogP contribution in [-0.2, 0) is 0 Å². The van der Waals surface area contributed by atoms with Crippen LogP contribution in [0.15, 0.2) is 12.4 Å². The van der Waals surface area contributed by atoms with Crippen LogP contribution in [0.25, 0.3) is 0 Å². The van der Waals surface area contributed by atoms with Crippen molar-refractivity contribution < 1.29 is 5.11 Å². The molecule has 0 bridgehead atoms. The highest BCUT2D eigenvalue weighted by Gasteiger charge is 2.19. The number of nitrogens with zero attached hydrogens (tertiary/aromatic N) is 4. The number of aliphatic hydroxyl groups excluding tert-OH is 1. The first-order valence-corrected chi connectivity index (χ1v) is 6.82. The van der Waals surface area contributed by atoms with Gasteiger partial charge in [0, 0.05) is 38.6 Å². The molecule has 0 aliphatic carbocycles. The predicted octanol–water partition coefficient (Wildman–Crippen LogP) is -0.385. The molecule has 0 radical (unpaired) electrons. The zero-order chi connectivity index (χ0) is 13.7. The van der Waals surface area contributed by atoms with Gasteiger partial charge in [0.25, 0.3) is 0 Å². The first-order valence-electron chi connectivity index (χ1n) is 6.41. The van der Waals surface area contributed by atoms with Gasteiger partial charge >= 0.3 is 0 Å². The minimum absolute atomic E-state index is 0.198. The van der Waals surface area contributed by atoms with Crippen molar-refractivity contribution in [3.05, 3.63) is 18.1 Å². The van der Waals surface area contributed by atoms with E-state index in [4.69, 9.17) is 23.1 Å². The lowest BCUT2D eigenvalue weighted by atomic mass is 10.3. The molecule has 6 nitrogen and oxygen atoms in total. The van der Waals surface area contributed by atoms with E-state index >= 15 is 0 Å². The van der Waals surface area contributed by atoms with Gasteiger partial charge in [-0.3, -0.25) is 4.90 Å². The Morgan fingerprint density at radius 3 is 2.79 bits per heavy atom. The molecule has 19 heavy (non-hydrogen) atoms. The first kappa shape index (κ1) is 14.1. The molecule has 7 heteroatoms. The molecular formula is C12H19N5OS. The van der Waals surface area contributed by atoms with Gasteiger partial charge in [-0.2, -0.15) is 0 Å². The fourth-order valence-electron chi connectivity index (χ4n) is 2.28. The van der Waals surface area contributed by atoms with Crippen LogP contribution in [0.3, 0.4) is 0 Å². The third-order valence-corrected chi connectivity index (χ3v) is 3.41. The maximum atomic E-state index is 9.00. The molecule has 3 N–H and O–H groups in total. The van der Waals surface area contributed by atoms with Gasteiger partial charge in [-0.25, -0.2) is 9.97 Å². The summed E-state index contributed by atoms with van der Waals surface area (Å²) in [5, 5.41) is 9.00. The van der Waals surface area contributed by atoms with Crippen molar-refractivity contribution in [3.63, 3.8) is 0 Å². The summed E-state index contributed by atoms with van der Waals surface area (Å²) in [4.78, 5) is 13.3. The number of hydrogen-bond donors (Lipinski definition) is 2. The second kappa shape index (κ2) is 6.74. The smallest absolute Gasteiger partial charge is 0.157 e. The number of anilines is 1. The third kappa shape index (κ3) is 3.59. The van der Waals surface area contributed by atoms with Gasteiger partial charge in [0.1, 0.15) is 10.7 Å². The SMILES string of the molecule is NC(=S)c1nccnc1N1CCCN(CCO)CC1. The zero-order valence-corrected chi connectivity index (χ0v) is 11.6. The van der Waals surface area contributed by atoms with Crippen molar-refractivity contribution in [2.24, 2.45) is 5.73 Å². The summed E-state index contributed by atoms with van der Waals surface area (Å²) in [6.07, 6.45) is 4.29. The summed E-state index contributed by atoms with van der Waals surface area (Å²) >= 11 is 5.02. The standard InChI is InChI=1S/C12H19N5OS/c13-11(19)10-12(15-3-2-14-10)17-5-1-4-16(6-7-17)8-9-18/h2-3,18H,1,4-9H2,(H2,13,19). The number of aliphatic hydroxyl groups is 1. The molecule has 0 aromatic carbocycles. The van der Waals surface area contributed by atoms with Gasteiger partial charge in [-0.1, -0.05) is 12.2 Å². The van der Waals surface area contributed by atoms with Crippen LogP contribution < -0.4 is 10.6 Å². The molecule has 104 valence electrons. The Morgan fingerprint density at radius 1 is 1.26 bits per heavy atom. The van der Waals surface area contributed by atoms with Crippen LogP contribution >= 0.6 is 12.2 Å². The minimum Gasteiger partial charge on any atom is -0.395 e. The van der Waals surface area contributed by atoms with E-state index in [0.29, 0.717) is 5.69 Å². The summed E-state index contributed by atoms with van der Waals surface area (Å²) in [6.45, 7) is 4.54. The fraction of sp³-hybridized carbons (Fsp3) is 0.583. The molecule has 1 aromatic heterocycles. The van der Waals surface area contributed by atoms with Gasteiger partial charge < -0.3 is 15.7 Å². The summed E-state index contributed by atoms with van der Waals surface area (Å²) < 4.78 is 0. The number of aromatic nitrogens is 2. The maximum absolute atomic E-state index is 9.00. The Kier molecular flexibility index (Phi) is 5.00. The molecule has 2 heterocycles. The van der Waals surface area contributed by atoms with Gasteiger partial charge in [-0.05, 0) is 13.0 Å². The summed E-state index contributed by atoms with van der Waals surface area (Å²) in [7, 11) is 0. The predicted molar refractivity (Wildman–Crippen MR) is 78.3 cm³/mol. The average molecular weight is 281 g/mol. The van der Waals surface area contributed by atoms with E-state index in [0.717, 1.165) is 45.0 Å². The number of thiocarbonyl (C=S) groups is 1. The first-order chi connectivity index (χ1) is 9.22. The van der Waals surface area contributed by atoms with Gasteiger partial charge in [0.05, 0.1) is 6.61 Å². The molecule has 0 unspecified atom stereocenters. The van der Waals surface area contributed by atoms with E-state index in [2.05, 4.69) is 19.8 Å². The van der Waals surface area contributed by atoms with Crippen LogP contribution in [0.1, 0.15) is 12.1 Å². The van der Waals surface area contributed by atoms with E-state index in [-0.39, 0.29) is 11.6 Å². The molecule has 1 saturated heterocycles. The normalized spacial score (nSPS) is 17.2. The molecule has 1 aromatic rings. The van der Waals surface area contributed by atoms with Crippen LogP contribution in [-0.4, -0.2) is 64.3 Å². The van der Waals surface area contributed by atoms with Crippen molar-refractivity contribution >= 4 is 23.0 Å². The van der Waals surface area contributed by atoms with E-state index in [1.54, 1.807) is 12.4 Å². The number of hydrogen-bond acceptors (Lipinski definition) is 6. The quantitative estimate of drug-likeness (QED) is 0.728. The van der Waals surface area contributed by atoms with Gasteiger partial charge in [-0.15, -0.1) is 0 Å². The monoisotopic (exact) mass is 281 g/mol. The number of rotatable bonds is 4. The highest BCUT2D eigenvalue weighted by atomic mass is 32.1. The molecule has 2 rings (SSSR count). The molecule has 1 fully saturated rings. The highest BCUT2D eigenvalue weighted by Crippen LogP contribution is 2.17. The van der Waals surface area contributed by atoms with Crippen molar-refractivity contribution in [2.45, 2.75) is 6.42 Å². The number of nitrogens with two attached hydrogens (primary N) is 1. The van der Waals surface area contributed by atoms with E-state index in [1.165, 1.54) is 0 Å². The van der Waals surface area contributed by atoms with E-state index in [9.17, 15) is 0 Å². The van der Waals surface area contributed by atoms with Crippen LogP contribution in [0.5, 0.6) is 0 Å². The minimum atomic E-state index is 0.198. The second-order valence-corrected chi connectivity index (χ2v) is 4.94. The van der Waals surface area contributed by atoms with Crippen molar-refractivity contribution in [1.29, 1.82) is 0 Å². The van der Waals surface area contributed by atoms with Gasteiger partial charge in [0.2, 0.25) is 0 Å². The van der Waals surface area contributed by atoms with Crippen LogP contribution in [0.2, 0.25) is 0 Å². The number of β-amino-alcohol motifs (C(OH)–C–C–N with tert-alkyl or cyclic N) is 1. The summed E-state index contributed by atoms with van der Waals surface area (Å²) in [5.41, 5.74) is 6.28. The Bertz CT molecular complexity index is 442. The molecule has 0 saturated carbocycles. The lowest BCUT2D eigenvalue weighted by Crippen LogP contribution is -2.34. The van der Waals surface area contributed by atoms with Crippen LogP contribution in [0, 0.1) is 0 Å². The lowest BCUT2D eigenvalue weighted by molar-refractivity contribution is 0.204. The maximum Gasteiger partial charge on any atom is 0.157 e. The molecule has 0 atom stereocenters. The highest BCUT2D eigenvalue weighted by molar-refractivity contribution is 7.80. The molecule has 1 aliphatic heterocycles. The summed E-state index contributed by atoms with van der Waals surface area (Å²) in [5.74, 6) is 0.765. The second-order valence-electron chi connectivity index (χ2n) is 4.50. The Balaban J connectivity index is 2.12. The molecule has 0 amide bonds. The van der Waals surface area contributed by atoms with Crippen molar-refractivity contribution in [2.75, 3.05) is 44.2 Å². The van der Waals surface area contributed by atoms with E-state index in [1.807, 2.05) is 0 Å². The largest absolute Gasteiger partial charge is 0.395 e. The molecule has 1 aliphatic rings. The van der Waals surface area contributed by atoms with Gasteiger partial charge in [0.15, 0.2) is 5.82 Å². The molecule has 0 spiro atoms. The zero-order valence-electron chi connectivity index (χ0n) is 10.8. The summed E-state index contributed by atoms with van der Waals surface area (Å²) in [6, 6.07) is 0. The third-order valence-electron chi connectivity index (χ3n) is 3.22. The topological polar surface area (TPSA) is 78.5 Å². The Morgan fingerprint density at radius 2 is 2.05 bits per heavy atom. The van der Waals surface area contributed by atoms with Crippen molar-refractivity contribution in [1.82, 2.24) is 14.9 Å². The van der Waals surface area contributed by atoms with Crippen LogP contribution in [0.4, 0.5) is 5.82 Å². The molecular weight excluding hydrogens is 262 g/mol.